The smallest absolute Gasteiger partial charge is 0.257 e. The monoisotopic (exact) mass is 419 g/mol. The molecule has 0 bridgehead atoms. The van der Waals surface area contributed by atoms with E-state index in [1.165, 1.54) is 6.20 Å². The minimum Gasteiger partial charge on any atom is -0.493 e. The molecule has 0 unspecified atom stereocenters. The fraction of sp³-hybridized carbons (Fsp3) is 0.208. The first-order valence-corrected chi connectivity index (χ1v) is 10.00. The molecule has 0 radical (unpaired) electrons. The van der Waals surface area contributed by atoms with Crippen molar-refractivity contribution < 1.29 is 19.1 Å². The van der Waals surface area contributed by atoms with E-state index >= 15 is 0 Å². The van der Waals surface area contributed by atoms with Gasteiger partial charge in [-0.3, -0.25) is 14.6 Å². The predicted octanol–water partition coefficient (Wildman–Crippen LogP) is 4.31. The summed E-state index contributed by atoms with van der Waals surface area (Å²) in [6.07, 6.45) is 3.97. The number of carbonyl (C=O) groups excluding carboxylic acids is 2. The van der Waals surface area contributed by atoms with Crippen LogP contribution in [-0.2, 0) is 11.2 Å². The average Bonchev–Trinajstić information content (AvgIpc) is 2.79. The largest absolute Gasteiger partial charge is 0.493 e. The quantitative estimate of drug-likeness (QED) is 0.539. The Morgan fingerprint density at radius 2 is 1.77 bits per heavy atom. The molecule has 160 valence electrons. The Morgan fingerprint density at radius 3 is 2.48 bits per heavy atom. The van der Waals surface area contributed by atoms with Gasteiger partial charge in [-0.25, -0.2) is 0 Å². The van der Waals surface area contributed by atoms with Crippen LogP contribution in [0.25, 0.3) is 0 Å². The number of aromatic nitrogens is 1. The second-order valence-electron chi connectivity index (χ2n) is 6.74. The number of hydrogen-bond donors (Lipinski definition) is 2. The molecule has 2 N–H and O–H groups in total. The number of methoxy groups -OCH3 is 1. The summed E-state index contributed by atoms with van der Waals surface area (Å²) < 4.78 is 10.9. The lowest BCUT2D eigenvalue weighted by atomic mass is 10.1. The molecule has 0 saturated heterocycles. The highest BCUT2D eigenvalue weighted by Gasteiger charge is 2.09. The van der Waals surface area contributed by atoms with Gasteiger partial charge < -0.3 is 20.1 Å². The number of anilines is 2. The number of aryl methyl sites for hydroxylation is 1. The third-order valence-corrected chi connectivity index (χ3v) is 4.50. The van der Waals surface area contributed by atoms with E-state index in [1.54, 1.807) is 49.7 Å². The fourth-order valence-corrected chi connectivity index (χ4v) is 3.00. The first-order chi connectivity index (χ1) is 15.1. The van der Waals surface area contributed by atoms with E-state index in [0.717, 1.165) is 5.56 Å². The summed E-state index contributed by atoms with van der Waals surface area (Å²) in [7, 11) is 1.59. The lowest BCUT2D eigenvalue weighted by Crippen LogP contribution is -2.14. The van der Waals surface area contributed by atoms with Gasteiger partial charge in [0.15, 0.2) is 11.5 Å². The van der Waals surface area contributed by atoms with Crippen LogP contribution in [0.5, 0.6) is 11.5 Å². The molecule has 1 heterocycles. The maximum atomic E-state index is 12.4. The summed E-state index contributed by atoms with van der Waals surface area (Å²) in [6.45, 7) is 2.47. The fourth-order valence-electron chi connectivity index (χ4n) is 3.00. The van der Waals surface area contributed by atoms with Crippen LogP contribution in [0.4, 0.5) is 11.4 Å². The summed E-state index contributed by atoms with van der Waals surface area (Å²) >= 11 is 0. The Hall–Kier alpha value is -3.87. The highest BCUT2D eigenvalue weighted by Crippen LogP contribution is 2.28. The van der Waals surface area contributed by atoms with Gasteiger partial charge in [0.1, 0.15) is 0 Å². The van der Waals surface area contributed by atoms with Crippen LogP contribution in [0.15, 0.2) is 67.0 Å². The minimum atomic E-state index is -0.263. The van der Waals surface area contributed by atoms with Gasteiger partial charge in [-0.05, 0) is 61.4 Å². The van der Waals surface area contributed by atoms with Gasteiger partial charge in [0.2, 0.25) is 5.91 Å². The molecule has 2 amide bonds. The zero-order valence-corrected chi connectivity index (χ0v) is 17.6. The Morgan fingerprint density at radius 1 is 0.968 bits per heavy atom. The van der Waals surface area contributed by atoms with Crippen molar-refractivity contribution in [3.63, 3.8) is 0 Å². The molecule has 7 heteroatoms. The van der Waals surface area contributed by atoms with Crippen molar-refractivity contribution in [3.8, 4) is 11.5 Å². The summed E-state index contributed by atoms with van der Waals surface area (Å²) in [5, 5.41) is 5.67. The number of amides is 2. The molecule has 0 aliphatic carbocycles. The lowest BCUT2D eigenvalue weighted by Gasteiger charge is -2.11. The third kappa shape index (κ3) is 6.30. The van der Waals surface area contributed by atoms with Crippen LogP contribution in [0.1, 0.15) is 29.3 Å². The molecule has 7 nitrogen and oxygen atoms in total. The van der Waals surface area contributed by atoms with Crippen molar-refractivity contribution in [2.75, 3.05) is 24.4 Å². The molecule has 3 rings (SSSR count). The van der Waals surface area contributed by atoms with E-state index < -0.39 is 0 Å². The van der Waals surface area contributed by atoms with Gasteiger partial charge in [0.05, 0.1) is 19.3 Å². The lowest BCUT2D eigenvalue weighted by molar-refractivity contribution is -0.116. The molecule has 0 fully saturated rings. The van der Waals surface area contributed by atoms with Crippen molar-refractivity contribution >= 4 is 23.2 Å². The van der Waals surface area contributed by atoms with E-state index in [2.05, 4.69) is 15.6 Å². The Labute approximate surface area is 181 Å². The molecule has 31 heavy (non-hydrogen) atoms. The van der Waals surface area contributed by atoms with Crippen LogP contribution in [0.3, 0.4) is 0 Å². The van der Waals surface area contributed by atoms with E-state index in [1.807, 2.05) is 25.1 Å². The third-order valence-electron chi connectivity index (χ3n) is 4.50. The van der Waals surface area contributed by atoms with Gasteiger partial charge in [-0.15, -0.1) is 0 Å². The van der Waals surface area contributed by atoms with Crippen LogP contribution in [0.2, 0.25) is 0 Å². The zero-order valence-electron chi connectivity index (χ0n) is 17.6. The van der Waals surface area contributed by atoms with Crippen molar-refractivity contribution in [1.82, 2.24) is 4.98 Å². The van der Waals surface area contributed by atoms with Crippen LogP contribution in [0, 0.1) is 0 Å². The van der Waals surface area contributed by atoms with E-state index in [-0.39, 0.29) is 11.8 Å². The molecular weight excluding hydrogens is 394 g/mol. The molecule has 0 aliphatic rings. The van der Waals surface area contributed by atoms with Crippen molar-refractivity contribution in [2.24, 2.45) is 0 Å². The predicted molar refractivity (Wildman–Crippen MR) is 120 cm³/mol. The summed E-state index contributed by atoms with van der Waals surface area (Å²) in [6, 6.07) is 16.1. The van der Waals surface area contributed by atoms with E-state index in [4.69, 9.17) is 9.47 Å². The number of nitrogens with one attached hydrogen (secondary N) is 2. The number of hydrogen-bond acceptors (Lipinski definition) is 5. The van der Waals surface area contributed by atoms with E-state index in [9.17, 15) is 9.59 Å². The van der Waals surface area contributed by atoms with Gasteiger partial charge in [-0.1, -0.05) is 12.1 Å². The van der Waals surface area contributed by atoms with Crippen LogP contribution < -0.4 is 20.1 Å². The maximum absolute atomic E-state index is 12.4. The first-order valence-electron chi connectivity index (χ1n) is 10.00. The average molecular weight is 419 g/mol. The Bertz CT molecular complexity index is 1040. The zero-order chi connectivity index (χ0) is 22.1. The van der Waals surface area contributed by atoms with Crippen LogP contribution >= 0.6 is 0 Å². The first kappa shape index (κ1) is 21.8. The molecule has 0 spiro atoms. The van der Waals surface area contributed by atoms with Crippen molar-refractivity contribution in [3.05, 3.63) is 78.1 Å². The molecule has 3 aromatic rings. The molecule has 0 atom stereocenters. The summed E-state index contributed by atoms with van der Waals surface area (Å²) in [5.74, 6) is 0.949. The van der Waals surface area contributed by atoms with Gasteiger partial charge >= 0.3 is 0 Å². The number of rotatable bonds is 9. The normalized spacial score (nSPS) is 10.3. The van der Waals surface area contributed by atoms with Gasteiger partial charge in [-0.2, -0.15) is 0 Å². The number of nitrogens with zero attached hydrogens (tertiary/aromatic N) is 1. The number of pyridine rings is 1. The summed E-state index contributed by atoms with van der Waals surface area (Å²) in [4.78, 5) is 28.6. The number of benzene rings is 2. The second kappa shape index (κ2) is 10.8. The molecule has 0 aliphatic heterocycles. The van der Waals surface area contributed by atoms with Gasteiger partial charge in [0.25, 0.3) is 5.91 Å². The number of ether oxygens (including phenoxy) is 2. The molecular formula is C24H25N3O4. The van der Waals surface area contributed by atoms with Gasteiger partial charge in [0, 0.05) is 30.2 Å². The minimum absolute atomic E-state index is 0.122. The topological polar surface area (TPSA) is 89.6 Å². The Balaban J connectivity index is 1.56. The second-order valence-corrected chi connectivity index (χ2v) is 6.74. The molecule has 1 aromatic heterocycles. The van der Waals surface area contributed by atoms with Crippen molar-refractivity contribution in [1.29, 1.82) is 0 Å². The summed E-state index contributed by atoms with van der Waals surface area (Å²) in [5.41, 5.74) is 2.64. The standard InChI is InChI=1S/C24H25N3O4/c1-3-31-21-11-9-17(14-22(21)30-2)10-12-23(28)26-19-7-4-8-20(15-19)27-24(29)18-6-5-13-25-16-18/h4-9,11,13-16H,3,10,12H2,1-2H3,(H,26,28)(H,27,29). The van der Waals surface area contributed by atoms with Crippen molar-refractivity contribution in [2.45, 2.75) is 19.8 Å². The highest BCUT2D eigenvalue weighted by atomic mass is 16.5. The Kier molecular flexibility index (Phi) is 7.59. The SMILES string of the molecule is CCOc1ccc(CCC(=O)Nc2cccc(NC(=O)c3cccnc3)c2)cc1OC. The number of carbonyl (C=O) groups is 2. The molecule has 0 saturated carbocycles. The van der Waals surface area contributed by atoms with Crippen LogP contribution in [-0.4, -0.2) is 30.5 Å². The maximum Gasteiger partial charge on any atom is 0.257 e. The van der Waals surface area contributed by atoms with E-state index in [0.29, 0.717) is 47.9 Å². The molecule has 2 aromatic carbocycles. The highest BCUT2D eigenvalue weighted by molar-refractivity contribution is 6.04.